The second kappa shape index (κ2) is 11.5. The number of aromatic nitrogens is 3. The van der Waals surface area contributed by atoms with Crippen molar-refractivity contribution < 1.29 is 9.84 Å². The second-order valence-electron chi connectivity index (χ2n) is 8.17. The molecule has 2 aromatic carbocycles. The smallest absolute Gasteiger partial charge is 0.162 e. The minimum Gasteiger partial charge on any atom is -0.491 e. The molecule has 0 radical (unpaired) electrons. The van der Waals surface area contributed by atoms with Crippen molar-refractivity contribution in [3.63, 3.8) is 0 Å². The van der Waals surface area contributed by atoms with Gasteiger partial charge in [0.25, 0.3) is 0 Å². The average Bonchev–Trinajstić information content (AvgIpc) is 2.87. The zero-order valence-electron chi connectivity index (χ0n) is 19.7. The minimum absolute atomic E-state index is 0.206. The maximum absolute atomic E-state index is 9.96. The van der Waals surface area contributed by atoms with Crippen molar-refractivity contribution in [1.29, 1.82) is 0 Å². The predicted octanol–water partition coefficient (Wildman–Crippen LogP) is 4.53. The normalized spacial score (nSPS) is 12.0. The molecule has 0 amide bonds. The van der Waals surface area contributed by atoms with Gasteiger partial charge in [0.05, 0.1) is 11.2 Å². The van der Waals surface area contributed by atoms with Gasteiger partial charge in [0, 0.05) is 41.9 Å². The Bertz CT molecular complexity index is 1230. The monoisotopic (exact) mass is 457 g/mol. The topological polar surface area (TPSA) is 92.2 Å². The Hall–Kier alpha value is -3.55. The predicted molar refractivity (Wildman–Crippen MR) is 137 cm³/mol. The molecule has 0 aliphatic carbocycles. The Morgan fingerprint density at radius 1 is 1.03 bits per heavy atom. The molecule has 0 aliphatic heterocycles. The summed E-state index contributed by atoms with van der Waals surface area (Å²) in [7, 11) is 1.80. The van der Waals surface area contributed by atoms with Gasteiger partial charge in [-0.1, -0.05) is 43.7 Å². The van der Waals surface area contributed by atoms with E-state index >= 15 is 0 Å². The van der Waals surface area contributed by atoms with E-state index in [4.69, 9.17) is 14.7 Å². The van der Waals surface area contributed by atoms with Crippen molar-refractivity contribution in [2.75, 3.05) is 32.1 Å². The summed E-state index contributed by atoms with van der Waals surface area (Å²) >= 11 is 0. The highest BCUT2D eigenvalue weighted by molar-refractivity contribution is 5.94. The van der Waals surface area contributed by atoms with Gasteiger partial charge in [-0.2, -0.15) is 0 Å². The van der Waals surface area contributed by atoms with Gasteiger partial charge in [0.1, 0.15) is 24.3 Å². The van der Waals surface area contributed by atoms with E-state index < -0.39 is 6.10 Å². The number of ether oxygens (including phenoxy) is 1. The highest BCUT2D eigenvalue weighted by atomic mass is 16.5. The number of benzene rings is 2. The molecule has 0 saturated carbocycles. The van der Waals surface area contributed by atoms with Crippen molar-refractivity contribution in [3.8, 4) is 28.4 Å². The molecule has 2 aromatic heterocycles. The Morgan fingerprint density at radius 2 is 1.91 bits per heavy atom. The van der Waals surface area contributed by atoms with E-state index in [1.165, 1.54) is 0 Å². The Kier molecular flexibility index (Phi) is 8.01. The summed E-state index contributed by atoms with van der Waals surface area (Å²) in [5.41, 5.74) is 3.62. The lowest BCUT2D eigenvalue weighted by Gasteiger charge is -2.14. The molecule has 34 heavy (non-hydrogen) atoms. The van der Waals surface area contributed by atoms with Gasteiger partial charge in [0.15, 0.2) is 5.82 Å². The number of nitrogens with zero attached hydrogens (tertiary/aromatic N) is 3. The summed E-state index contributed by atoms with van der Waals surface area (Å²) in [4.78, 5) is 14.2. The lowest BCUT2D eigenvalue weighted by molar-refractivity contribution is 0.108. The number of hydrogen-bond donors (Lipinski definition) is 3. The van der Waals surface area contributed by atoms with E-state index in [2.05, 4.69) is 34.7 Å². The van der Waals surface area contributed by atoms with E-state index in [9.17, 15) is 5.11 Å². The van der Waals surface area contributed by atoms with Crippen LogP contribution in [0.25, 0.3) is 33.5 Å². The number of likely N-dealkylation sites (N-methyl/N-ethyl adjacent to an activating group) is 1. The molecule has 1 atom stereocenters. The minimum atomic E-state index is -0.581. The number of hydrogen-bond acceptors (Lipinski definition) is 7. The van der Waals surface area contributed by atoms with Crippen molar-refractivity contribution >= 4 is 16.7 Å². The van der Waals surface area contributed by atoms with Crippen LogP contribution in [-0.2, 0) is 0 Å². The molecule has 1 unspecified atom stereocenters. The first-order chi connectivity index (χ1) is 16.7. The van der Waals surface area contributed by atoms with Crippen LogP contribution in [0.5, 0.6) is 5.75 Å². The zero-order chi connectivity index (χ0) is 23.8. The van der Waals surface area contributed by atoms with E-state index in [-0.39, 0.29) is 6.61 Å². The van der Waals surface area contributed by atoms with Gasteiger partial charge >= 0.3 is 0 Å². The van der Waals surface area contributed by atoms with Crippen LogP contribution in [-0.4, -0.2) is 52.9 Å². The molecule has 0 spiro atoms. The number of nitrogens with one attached hydrogen (secondary N) is 2. The fourth-order valence-electron chi connectivity index (χ4n) is 3.74. The van der Waals surface area contributed by atoms with Gasteiger partial charge in [-0.05, 0) is 37.7 Å². The number of aliphatic hydroxyl groups is 1. The van der Waals surface area contributed by atoms with Crippen LogP contribution in [0.2, 0.25) is 0 Å². The fraction of sp³-hybridized carbons (Fsp3) is 0.296. The first-order valence-corrected chi connectivity index (χ1v) is 11.7. The fourth-order valence-corrected chi connectivity index (χ4v) is 3.74. The van der Waals surface area contributed by atoms with Crippen LogP contribution in [0.15, 0.2) is 66.9 Å². The van der Waals surface area contributed by atoms with E-state index in [0.29, 0.717) is 18.1 Å². The number of fused-ring (bicyclic) bond motifs is 1. The molecular weight excluding hydrogens is 426 g/mol. The molecule has 4 rings (SSSR count). The summed E-state index contributed by atoms with van der Waals surface area (Å²) in [5, 5.41) is 17.4. The quantitative estimate of drug-likeness (QED) is 0.285. The third kappa shape index (κ3) is 5.87. The SMILES string of the molecule is CCCCNc1cc(-c2cccc3ncccc23)nc(-c2cccc(OCC(O)CNC)c2)n1. The Morgan fingerprint density at radius 3 is 2.76 bits per heavy atom. The van der Waals surface area contributed by atoms with Crippen molar-refractivity contribution in [1.82, 2.24) is 20.3 Å². The molecule has 0 saturated heterocycles. The second-order valence-corrected chi connectivity index (χ2v) is 8.17. The van der Waals surface area contributed by atoms with E-state index in [0.717, 1.165) is 52.9 Å². The molecule has 0 aliphatic rings. The standard InChI is InChI=1S/C27H31N5O2/c1-3-4-13-30-26-16-25(23-10-6-12-24-22(23)11-7-14-29-24)31-27(32-26)19-8-5-9-21(15-19)34-18-20(33)17-28-2/h5-12,14-16,20,28,33H,3-4,13,17-18H2,1-2H3,(H,30,31,32). The van der Waals surface area contributed by atoms with Crippen LogP contribution in [0.3, 0.4) is 0 Å². The van der Waals surface area contributed by atoms with Gasteiger partial charge in [-0.15, -0.1) is 0 Å². The average molecular weight is 458 g/mol. The highest BCUT2D eigenvalue weighted by Gasteiger charge is 2.13. The molecule has 3 N–H and O–H groups in total. The van der Waals surface area contributed by atoms with Gasteiger partial charge < -0.3 is 20.5 Å². The van der Waals surface area contributed by atoms with Gasteiger partial charge in [0.2, 0.25) is 0 Å². The summed E-state index contributed by atoms with van der Waals surface area (Å²) in [6.07, 6.45) is 3.38. The number of anilines is 1. The molecule has 0 fully saturated rings. The van der Waals surface area contributed by atoms with Gasteiger partial charge in [-0.3, -0.25) is 4.98 Å². The van der Waals surface area contributed by atoms with Crippen molar-refractivity contribution in [2.24, 2.45) is 0 Å². The molecule has 7 nitrogen and oxygen atoms in total. The van der Waals surface area contributed by atoms with E-state index in [1.807, 2.05) is 48.5 Å². The first-order valence-electron chi connectivity index (χ1n) is 11.7. The third-order valence-corrected chi connectivity index (χ3v) is 5.46. The molecular formula is C27H31N5O2. The summed E-state index contributed by atoms with van der Waals surface area (Å²) in [5.74, 6) is 2.06. The molecule has 2 heterocycles. The van der Waals surface area contributed by atoms with E-state index in [1.54, 1.807) is 13.2 Å². The molecule has 7 heteroatoms. The van der Waals surface area contributed by atoms with Crippen LogP contribution >= 0.6 is 0 Å². The van der Waals surface area contributed by atoms with Crippen molar-refractivity contribution in [2.45, 2.75) is 25.9 Å². The number of unbranched alkanes of at least 4 members (excludes halogenated alkanes) is 1. The maximum Gasteiger partial charge on any atom is 0.162 e. The summed E-state index contributed by atoms with van der Waals surface area (Å²) in [6.45, 7) is 3.69. The largest absolute Gasteiger partial charge is 0.491 e. The highest BCUT2D eigenvalue weighted by Crippen LogP contribution is 2.30. The molecule has 176 valence electrons. The van der Waals surface area contributed by atoms with Crippen LogP contribution in [0, 0.1) is 0 Å². The van der Waals surface area contributed by atoms with Crippen LogP contribution < -0.4 is 15.4 Å². The van der Waals surface area contributed by atoms with Crippen LogP contribution in [0.1, 0.15) is 19.8 Å². The lowest BCUT2D eigenvalue weighted by Crippen LogP contribution is -2.29. The zero-order valence-corrected chi connectivity index (χ0v) is 19.7. The number of rotatable bonds is 11. The Balaban J connectivity index is 1.71. The Labute approximate surface area is 200 Å². The lowest BCUT2D eigenvalue weighted by atomic mass is 10.0. The molecule has 0 bridgehead atoms. The summed E-state index contributed by atoms with van der Waals surface area (Å²) in [6, 6.07) is 19.7. The maximum atomic E-state index is 9.96. The van der Waals surface area contributed by atoms with Gasteiger partial charge in [-0.25, -0.2) is 9.97 Å². The van der Waals surface area contributed by atoms with Crippen LogP contribution in [0.4, 0.5) is 5.82 Å². The third-order valence-electron chi connectivity index (χ3n) is 5.46. The summed E-state index contributed by atoms with van der Waals surface area (Å²) < 4.78 is 5.80. The van der Waals surface area contributed by atoms with Crippen molar-refractivity contribution in [3.05, 3.63) is 66.9 Å². The molecule has 4 aromatic rings. The number of pyridine rings is 1. The number of aliphatic hydroxyl groups excluding tert-OH is 1. The first kappa shape index (κ1) is 23.6.